The van der Waals surface area contributed by atoms with Crippen LogP contribution in [0.4, 0.5) is 0 Å². The first-order valence-electron chi connectivity index (χ1n) is 4.37. The fourth-order valence-corrected chi connectivity index (χ4v) is 1.65. The molecule has 4 heteroatoms. The van der Waals surface area contributed by atoms with Crippen LogP contribution in [-0.4, -0.2) is 12.1 Å². The van der Waals surface area contributed by atoms with Crippen molar-refractivity contribution in [3.8, 4) is 6.07 Å². The van der Waals surface area contributed by atoms with Gasteiger partial charge in [0.25, 0.3) is 0 Å². The molecule has 0 fully saturated rings. The summed E-state index contributed by atoms with van der Waals surface area (Å²) < 4.78 is 4.93. The van der Waals surface area contributed by atoms with Gasteiger partial charge >= 0.3 is 5.97 Å². The van der Waals surface area contributed by atoms with Gasteiger partial charge in [-0.2, -0.15) is 5.26 Å². The van der Waals surface area contributed by atoms with Crippen molar-refractivity contribution in [1.29, 1.82) is 5.26 Å². The highest BCUT2D eigenvalue weighted by molar-refractivity contribution is 7.10. The highest BCUT2D eigenvalue weighted by Gasteiger charge is 2.11. The van der Waals surface area contributed by atoms with Crippen LogP contribution in [0.2, 0.25) is 0 Å². The lowest BCUT2D eigenvalue weighted by molar-refractivity contribution is -0.145. The molecule has 0 unspecified atom stereocenters. The zero-order valence-electron chi connectivity index (χ0n) is 7.90. The van der Waals surface area contributed by atoms with Crippen LogP contribution in [0.1, 0.15) is 18.2 Å². The number of carbonyl (C=O) groups excluding carboxylic acids is 1. The van der Waals surface area contributed by atoms with E-state index in [-0.39, 0.29) is 12.4 Å². The van der Waals surface area contributed by atoms with Crippen molar-refractivity contribution in [2.45, 2.75) is 25.9 Å². The summed E-state index contributed by atoms with van der Waals surface area (Å²) in [5.41, 5.74) is 0. The van der Waals surface area contributed by atoms with Crippen LogP contribution in [0.5, 0.6) is 0 Å². The van der Waals surface area contributed by atoms with Crippen LogP contribution in [0.3, 0.4) is 0 Å². The highest BCUT2D eigenvalue weighted by atomic mass is 32.1. The first-order valence-corrected chi connectivity index (χ1v) is 5.25. The molecule has 0 bridgehead atoms. The maximum Gasteiger partial charge on any atom is 0.312 e. The lowest BCUT2D eigenvalue weighted by Gasteiger charge is -2.07. The molecule has 0 aliphatic carbocycles. The van der Waals surface area contributed by atoms with E-state index in [4.69, 9.17) is 10.00 Å². The SMILES string of the molecule is CC[C@H](C#N)OC(=O)Cc1cccs1. The zero-order chi connectivity index (χ0) is 10.4. The number of nitrogens with zero attached hydrogens (tertiary/aromatic N) is 1. The van der Waals surface area contributed by atoms with Gasteiger partial charge in [0, 0.05) is 4.88 Å². The molecule has 0 radical (unpaired) electrons. The monoisotopic (exact) mass is 209 g/mol. The van der Waals surface area contributed by atoms with E-state index in [9.17, 15) is 4.79 Å². The van der Waals surface area contributed by atoms with Crippen LogP contribution in [0, 0.1) is 11.3 Å². The van der Waals surface area contributed by atoms with Crippen LogP contribution >= 0.6 is 11.3 Å². The van der Waals surface area contributed by atoms with Crippen molar-refractivity contribution in [3.05, 3.63) is 22.4 Å². The van der Waals surface area contributed by atoms with Crippen molar-refractivity contribution in [1.82, 2.24) is 0 Å². The Morgan fingerprint density at radius 3 is 3.07 bits per heavy atom. The van der Waals surface area contributed by atoms with E-state index >= 15 is 0 Å². The molecular weight excluding hydrogens is 198 g/mol. The molecule has 1 aromatic rings. The molecule has 0 N–H and O–H groups in total. The van der Waals surface area contributed by atoms with E-state index in [1.54, 1.807) is 0 Å². The second kappa shape index (κ2) is 5.40. The van der Waals surface area contributed by atoms with Gasteiger partial charge in [-0.25, -0.2) is 0 Å². The molecule has 14 heavy (non-hydrogen) atoms. The molecule has 1 rings (SSSR count). The Labute approximate surface area is 86.9 Å². The fourth-order valence-electron chi connectivity index (χ4n) is 0.957. The Morgan fingerprint density at radius 1 is 1.79 bits per heavy atom. The zero-order valence-corrected chi connectivity index (χ0v) is 8.71. The Balaban J connectivity index is 2.40. The molecule has 0 aromatic carbocycles. The summed E-state index contributed by atoms with van der Waals surface area (Å²) in [4.78, 5) is 12.2. The van der Waals surface area contributed by atoms with E-state index in [1.165, 1.54) is 11.3 Å². The smallest absolute Gasteiger partial charge is 0.312 e. The number of thiophene rings is 1. The fraction of sp³-hybridized carbons (Fsp3) is 0.400. The van der Waals surface area contributed by atoms with E-state index < -0.39 is 6.10 Å². The Kier molecular flexibility index (Phi) is 4.14. The molecule has 74 valence electrons. The van der Waals surface area contributed by atoms with Gasteiger partial charge < -0.3 is 4.74 Å². The minimum absolute atomic E-state index is 0.260. The minimum atomic E-state index is -0.609. The van der Waals surface area contributed by atoms with Crippen molar-refractivity contribution < 1.29 is 9.53 Å². The van der Waals surface area contributed by atoms with Crippen molar-refractivity contribution in [3.63, 3.8) is 0 Å². The van der Waals surface area contributed by atoms with Crippen molar-refractivity contribution in [2.24, 2.45) is 0 Å². The largest absolute Gasteiger partial charge is 0.447 e. The summed E-state index contributed by atoms with van der Waals surface area (Å²) in [6.45, 7) is 1.81. The number of hydrogen-bond donors (Lipinski definition) is 0. The highest BCUT2D eigenvalue weighted by Crippen LogP contribution is 2.10. The third-order valence-electron chi connectivity index (χ3n) is 1.69. The molecule has 0 saturated carbocycles. The second-order valence-electron chi connectivity index (χ2n) is 2.77. The molecule has 1 atom stereocenters. The van der Waals surface area contributed by atoms with Gasteiger partial charge in [-0.1, -0.05) is 13.0 Å². The lowest BCUT2D eigenvalue weighted by atomic mass is 10.3. The predicted molar refractivity (Wildman–Crippen MR) is 53.8 cm³/mol. The lowest BCUT2D eigenvalue weighted by Crippen LogP contribution is -2.16. The van der Waals surface area contributed by atoms with Gasteiger partial charge in [-0.05, 0) is 17.9 Å². The third-order valence-corrected chi connectivity index (χ3v) is 2.56. The predicted octanol–water partition coefficient (Wildman–Crippen LogP) is 2.14. The first-order chi connectivity index (χ1) is 6.76. The molecule has 0 aliphatic heterocycles. The molecule has 0 saturated heterocycles. The van der Waals surface area contributed by atoms with Gasteiger partial charge in [-0.15, -0.1) is 11.3 Å². The van der Waals surface area contributed by atoms with Gasteiger partial charge in [0.15, 0.2) is 6.10 Å². The number of ether oxygens (including phenoxy) is 1. The molecular formula is C10H11NO2S. The van der Waals surface area contributed by atoms with Crippen LogP contribution in [-0.2, 0) is 16.0 Å². The van der Waals surface area contributed by atoms with Crippen molar-refractivity contribution in [2.75, 3.05) is 0 Å². The molecule has 3 nitrogen and oxygen atoms in total. The normalized spacial score (nSPS) is 11.7. The Bertz CT molecular complexity index is 326. The molecule has 1 heterocycles. The van der Waals surface area contributed by atoms with Crippen LogP contribution < -0.4 is 0 Å². The van der Waals surface area contributed by atoms with E-state index in [0.29, 0.717) is 6.42 Å². The summed E-state index contributed by atoms with van der Waals surface area (Å²) >= 11 is 1.51. The number of carbonyl (C=O) groups is 1. The van der Waals surface area contributed by atoms with Gasteiger partial charge in [0.2, 0.25) is 0 Å². The third kappa shape index (κ3) is 3.19. The van der Waals surface area contributed by atoms with E-state index in [1.807, 2.05) is 30.5 Å². The second-order valence-corrected chi connectivity index (χ2v) is 3.80. The average Bonchev–Trinajstić information content (AvgIpc) is 2.66. The average molecular weight is 209 g/mol. The summed E-state index contributed by atoms with van der Waals surface area (Å²) in [5, 5.41) is 10.5. The molecule has 0 spiro atoms. The molecule has 1 aromatic heterocycles. The maximum absolute atomic E-state index is 11.3. The topological polar surface area (TPSA) is 50.1 Å². The number of rotatable bonds is 4. The van der Waals surface area contributed by atoms with E-state index in [0.717, 1.165) is 4.88 Å². The summed E-state index contributed by atoms with van der Waals surface area (Å²) in [6, 6.07) is 5.68. The number of hydrogen-bond acceptors (Lipinski definition) is 4. The van der Waals surface area contributed by atoms with Gasteiger partial charge in [-0.3, -0.25) is 4.79 Å². The van der Waals surface area contributed by atoms with E-state index in [2.05, 4.69) is 0 Å². The summed E-state index contributed by atoms with van der Waals surface area (Å²) in [6.07, 6.45) is 0.185. The van der Waals surface area contributed by atoms with Crippen LogP contribution in [0.25, 0.3) is 0 Å². The maximum atomic E-state index is 11.3. The van der Waals surface area contributed by atoms with Gasteiger partial charge in [0.1, 0.15) is 6.07 Å². The Hall–Kier alpha value is -1.34. The van der Waals surface area contributed by atoms with Crippen LogP contribution in [0.15, 0.2) is 17.5 Å². The molecule has 0 aliphatic rings. The Morgan fingerprint density at radius 2 is 2.57 bits per heavy atom. The minimum Gasteiger partial charge on any atom is -0.447 e. The first kappa shape index (κ1) is 10.7. The number of nitriles is 1. The summed E-state index contributed by atoms with van der Waals surface area (Å²) in [7, 11) is 0. The standard InChI is InChI=1S/C10H11NO2S/c1-2-8(7-11)13-10(12)6-9-4-3-5-14-9/h3-5,8H,2,6H2,1H3/t8-/m1/s1. The molecule has 0 amide bonds. The van der Waals surface area contributed by atoms with Crippen molar-refractivity contribution >= 4 is 17.3 Å². The number of esters is 1. The quantitative estimate of drug-likeness (QED) is 0.714. The summed E-state index contributed by atoms with van der Waals surface area (Å²) in [5.74, 6) is -0.333. The van der Waals surface area contributed by atoms with Gasteiger partial charge in [0.05, 0.1) is 6.42 Å².